The van der Waals surface area contributed by atoms with Gasteiger partial charge >= 0.3 is 0 Å². The van der Waals surface area contributed by atoms with Crippen LogP contribution in [0.3, 0.4) is 0 Å². The molecule has 3 aliphatic rings. The van der Waals surface area contributed by atoms with Crippen LogP contribution < -0.4 is 4.90 Å². The van der Waals surface area contributed by atoms with Gasteiger partial charge in [0.1, 0.15) is 0 Å². The largest absolute Gasteiger partial charge is 0.341 e. The summed E-state index contributed by atoms with van der Waals surface area (Å²) in [6.45, 7) is 5.34. The van der Waals surface area contributed by atoms with E-state index in [9.17, 15) is 4.79 Å². The van der Waals surface area contributed by atoms with Crippen molar-refractivity contribution in [2.75, 3.05) is 44.2 Å². The van der Waals surface area contributed by atoms with Gasteiger partial charge in [0.05, 0.1) is 11.2 Å². The average molecular weight is 336 g/mol. The molecular formula is C16H22ClN5O. The van der Waals surface area contributed by atoms with Gasteiger partial charge in [0.25, 0.3) is 5.91 Å². The van der Waals surface area contributed by atoms with Gasteiger partial charge in [-0.15, -0.1) is 0 Å². The Bertz CT molecular complexity index is 592. The molecule has 0 atom stereocenters. The van der Waals surface area contributed by atoms with Crippen LogP contribution in [0.4, 0.5) is 5.95 Å². The topological polar surface area (TPSA) is 52.6 Å². The number of hydrogen-bond donors (Lipinski definition) is 0. The zero-order valence-electron chi connectivity index (χ0n) is 13.2. The highest BCUT2D eigenvalue weighted by molar-refractivity contribution is 6.33. The Morgan fingerprint density at radius 2 is 1.78 bits per heavy atom. The lowest BCUT2D eigenvalue weighted by molar-refractivity contribution is 0.0621. The van der Waals surface area contributed by atoms with Gasteiger partial charge in [-0.2, -0.15) is 0 Å². The normalized spacial score (nSPS) is 22.7. The molecule has 4 rings (SSSR count). The average Bonchev–Trinajstić information content (AvgIpc) is 3.29. The molecular weight excluding hydrogens is 314 g/mol. The SMILES string of the molecule is O=C(c1nc(N2CCCC2)ncc1Cl)N1CCN(C2CC2)CC1. The van der Waals surface area contributed by atoms with Crippen molar-refractivity contribution in [2.45, 2.75) is 31.7 Å². The van der Waals surface area contributed by atoms with E-state index in [-0.39, 0.29) is 5.91 Å². The molecule has 124 valence electrons. The summed E-state index contributed by atoms with van der Waals surface area (Å²) in [5, 5.41) is 0.350. The van der Waals surface area contributed by atoms with Gasteiger partial charge in [-0.1, -0.05) is 11.6 Å². The zero-order chi connectivity index (χ0) is 15.8. The van der Waals surface area contributed by atoms with Gasteiger partial charge < -0.3 is 9.80 Å². The highest BCUT2D eigenvalue weighted by Crippen LogP contribution is 2.28. The molecule has 0 N–H and O–H groups in total. The van der Waals surface area contributed by atoms with Crippen LogP contribution in [0.2, 0.25) is 5.02 Å². The molecule has 7 heteroatoms. The van der Waals surface area contributed by atoms with E-state index in [4.69, 9.17) is 11.6 Å². The molecule has 0 bridgehead atoms. The third-order valence-corrected chi connectivity index (χ3v) is 5.26. The molecule has 1 aliphatic carbocycles. The Kier molecular flexibility index (Phi) is 4.11. The molecule has 3 heterocycles. The van der Waals surface area contributed by atoms with Crippen molar-refractivity contribution in [1.29, 1.82) is 0 Å². The minimum absolute atomic E-state index is 0.0618. The molecule has 2 saturated heterocycles. The molecule has 23 heavy (non-hydrogen) atoms. The van der Waals surface area contributed by atoms with Crippen molar-refractivity contribution in [3.8, 4) is 0 Å². The van der Waals surface area contributed by atoms with Gasteiger partial charge in [0.2, 0.25) is 5.95 Å². The fraction of sp³-hybridized carbons (Fsp3) is 0.688. The molecule has 6 nitrogen and oxygen atoms in total. The number of carbonyl (C=O) groups excluding carboxylic acids is 1. The predicted molar refractivity (Wildman–Crippen MR) is 89.0 cm³/mol. The van der Waals surface area contributed by atoms with Gasteiger partial charge in [0.15, 0.2) is 5.69 Å². The van der Waals surface area contributed by atoms with Gasteiger partial charge in [-0.25, -0.2) is 9.97 Å². The van der Waals surface area contributed by atoms with Crippen LogP contribution in [0.5, 0.6) is 0 Å². The van der Waals surface area contributed by atoms with E-state index in [0.29, 0.717) is 16.7 Å². The second kappa shape index (κ2) is 6.24. The number of amides is 1. The standard InChI is InChI=1S/C16H22ClN5O/c17-13-11-18-16(22-5-1-2-6-22)19-14(13)15(23)21-9-7-20(8-10-21)12-3-4-12/h11-12H,1-10H2. The Morgan fingerprint density at radius 3 is 2.43 bits per heavy atom. The minimum atomic E-state index is -0.0618. The van der Waals surface area contributed by atoms with E-state index in [1.54, 1.807) is 6.20 Å². The second-order valence-corrected chi connectivity index (χ2v) is 7.03. The molecule has 3 fully saturated rings. The number of hydrogen-bond acceptors (Lipinski definition) is 5. The highest BCUT2D eigenvalue weighted by Gasteiger charge is 2.33. The Hall–Kier alpha value is -1.40. The molecule has 1 amide bonds. The van der Waals surface area contributed by atoms with Crippen LogP contribution >= 0.6 is 11.6 Å². The molecule has 2 aliphatic heterocycles. The first-order valence-corrected chi connectivity index (χ1v) is 8.91. The summed E-state index contributed by atoms with van der Waals surface area (Å²) in [5.41, 5.74) is 0.350. The maximum Gasteiger partial charge on any atom is 0.274 e. The van der Waals surface area contributed by atoms with Crippen LogP contribution in [0.15, 0.2) is 6.20 Å². The number of piperazine rings is 1. The Balaban J connectivity index is 1.47. The van der Waals surface area contributed by atoms with Crippen molar-refractivity contribution in [1.82, 2.24) is 19.8 Å². The monoisotopic (exact) mass is 335 g/mol. The number of rotatable bonds is 3. The molecule has 1 aromatic rings. The van der Waals surface area contributed by atoms with Gasteiger partial charge in [0, 0.05) is 45.3 Å². The molecule has 0 aromatic carbocycles. The maximum atomic E-state index is 12.8. The predicted octanol–water partition coefficient (Wildman–Crippen LogP) is 1.65. The van der Waals surface area contributed by atoms with Gasteiger partial charge in [-0.3, -0.25) is 9.69 Å². The van der Waals surface area contributed by atoms with Crippen LogP contribution in [-0.2, 0) is 0 Å². The summed E-state index contributed by atoms with van der Waals surface area (Å²) < 4.78 is 0. The quantitative estimate of drug-likeness (QED) is 0.840. The van der Waals surface area contributed by atoms with Gasteiger partial charge in [-0.05, 0) is 25.7 Å². The van der Waals surface area contributed by atoms with Crippen molar-refractivity contribution in [3.05, 3.63) is 16.9 Å². The summed E-state index contributed by atoms with van der Waals surface area (Å²) >= 11 is 6.20. The molecule has 0 radical (unpaired) electrons. The van der Waals surface area contributed by atoms with Crippen LogP contribution in [-0.4, -0.2) is 71.0 Å². The minimum Gasteiger partial charge on any atom is -0.341 e. The van der Waals surface area contributed by atoms with E-state index in [0.717, 1.165) is 58.2 Å². The number of halogens is 1. The fourth-order valence-corrected chi connectivity index (χ4v) is 3.63. The summed E-state index contributed by atoms with van der Waals surface area (Å²) in [7, 11) is 0. The fourth-order valence-electron chi connectivity index (χ4n) is 3.46. The van der Waals surface area contributed by atoms with E-state index in [1.807, 2.05) is 4.90 Å². The summed E-state index contributed by atoms with van der Waals surface area (Å²) in [4.78, 5) is 28.0. The zero-order valence-corrected chi connectivity index (χ0v) is 14.0. The molecule has 1 saturated carbocycles. The molecule has 0 unspecified atom stereocenters. The third kappa shape index (κ3) is 3.15. The first-order valence-electron chi connectivity index (χ1n) is 8.53. The van der Waals surface area contributed by atoms with Crippen molar-refractivity contribution >= 4 is 23.5 Å². The first kappa shape index (κ1) is 15.1. The lowest BCUT2D eigenvalue weighted by atomic mass is 10.2. The first-order chi connectivity index (χ1) is 11.2. The summed E-state index contributed by atoms with van der Waals surface area (Å²) in [5.74, 6) is 0.570. The van der Waals surface area contributed by atoms with Crippen molar-refractivity contribution in [3.63, 3.8) is 0 Å². The van der Waals surface area contributed by atoms with Crippen molar-refractivity contribution in [2.24, 2.45) is 0 Å². The third-order valence-electron chi connectivity index (χ3n) is 4.99. The number of carbonyl (C=O) groups is 1. The van der Waals surface area contributed by atoms with E-state index in [2.05, 4.69) is 19.8 Å². The Morgan fingerprint density at radius 1 is 1.09 bits per heavy atom. The van der Waals surface area contributed by atoms with E-state index >= 15 is 0 Å². The smallest absolute Gasteiger partial charge is 0.274 e. The lowest BCUT2D eigenvalue weighted by Crippen LogP contribution is -2.49. The number of nitrogens with zero attached hydrogens (tertiary/aromatic N) is 5. The molecule has 0 spiro atoms. The van der Waals surface area contributed by atoms with E-state index in [1.165, 1.54) is 12.8 Å². The maximum absolute atomic E-state index is 12.8. The van der Waals surface area contributed by atoms with Crippen molar-refractivity contribution < 1.29 is 4.79 Å². The van der Waals surface area contributed by atoms with Crippen LogP contribution in [0, 0.1) is 0 Å². The summed E-state index contributed by atoms with van der Waals surface area (Å²) in [6, 6.07) is 0.761. The highest BCUT2D eigenvalue weighted by atomic mass is 35.5. The molecule has 1 aromatic heterocycles. The lowest BCUT2D eigenvalue weighted by Gasteiger charge is -2.34. The second-order valence-electron chi connectivity index (χ2n) is 6.62. The number of aromatic nitrogens is 2. The van der Waals surface area contributed by atoms with E-state index < -0.39 is 0 Å². The van der Waals surface area contributed by atoms with Crippen LogP contribution in [0.25, 0.3) is 0 Å². The summed E-state index contributed by atoms with van der Waals surface area (Å²) in [6.07, 6.45) is 6.49. The number of anilines is 1. The Labute approximate surface area is 141 Å². The van der Waals surface area contributed by atoms with Crippen LogP contribution in [0.1, 0.15) is 36.2 Å².